The summed E-state index contributed by atoms with van der Waals surface area (Å²) in [4.78, 5) is 20.7. The normalized spacial score (nSPS) is 11.4. The van der Waals surface area contributed by atoms with Crippen molar-refractivity contribution in [2.24, 2.45) is 0 Å². The summed E-state index contributed by atoms with van der Waals surface area (Å²) >= 11 is 0. The number of ether oxygens (including phenoxy) is 4. The number of aromatic nitrogens is 4. The second-order valence-corrected chi connectivity index (χ2v) is 10.0. The Bertz CT molecular complexity index is 1570. The molecule has 4 aromatic rings. The fourth-order valence-electron chi connectivity index (χ4n) is 4.23. The van der Waals surface area contributed by atoms with E-state index in [4.69, 9.17) is 14.2 Å². The Morgan fingerprint density at radius 3 is 2.32 bits per heavy atom. The molecule has 0 aliphatic rings. The van der Waals surface area contributed by atoms with Gasteiger partial charge in [-0.1, -0.05) is 11.6 Å². The highest BCUT2D eigenvalue weighted by atomic mass is 19.4. The lowest BCUT2D eigenvalue weighted by molar-refractivity contribution is -0.274. The Hall–Kier alpha value is -4.55. The summed E-state index contributed by atoms with van der Waals surface area (Å²) in [6.07, 6.45) is 0.0903. The number of amides is 1. The van der Waals surface area contributed by atoms with Gasteiger partial charge in [0.15, 0.2) is 0 Å². The number of halogens is 3. The Balaban J connectivity index is 1.05. The van der Waals surface area contributed by atoms with Crippen LogP contribution in [0.5, 0.6) is 5.75 Å². The molecule has 0 unspecified atom stereocenters. The quantitative estimate of drug-likeness (QED) is 0.0918. The maximum atomic E-state index is 12.4. The molecule has 2 aromatic carbocycles. The summed E-state index contributed by atoms with van der Waals surface area (Å²) in [5, 5.41) is 28.7. The Kier molecular flexibility index (Phi) is 13.1. The molecule has 47 heavy (non-hydrogen) atoms. The van der Waals surface area contributed by atoms with Crippen LogP contribution in [0.2, 0.25) is 0 Å². The molecule has 13 nitrogen and oxygen atoms in total. The minimum atomic E-state index is -4.76. The number of hydrogen-bond acceptors (Lipinski definition) is 11. The zero-order valence-electron chi connectivity index (χ0n) is 25.4. The molecule has 0 spiro atoms. The van der Waals surface area contributed by atoms with Gasteiger partial charge in [0.1, 0.15) is 17.9 Å². The first-order chi connectivity index (χ1) is 22.6. The van der Waals surface area contributed by atoms with Crippen molar-refractivity contribution in [3.8, 4) is 17.0 Å². The van der Waals surface area contributed by atoms with Crippen LogP contribution >= 0.6 is 0 Å². The van der Waals surface area contributed by atoms with Gasteiger partial charge in [-0.15, -0.1) is 13.2 Å². The lowest BCUT2D eigenvalue weighted by atomic mass is 9.77. The van der Waals surface area contributed by atoms with E-state index in [1.807, 2.05) is 6.20 Å². The number of aryl methyl sites for hydroxylation is 1. The van der Waals surface area contributed by atoms with Gasteiger partial charge in [-0.2, -0.15) is 5.10 Å². The molecule has 17 heteroatoms. The number of carbonyl (C=O) groups is 1. The maximum Gasteiger partial charge on any atom is 0.573 e. The molecule has 0 radical (unpaired) electrons. The van der Waals surface area contributed by atoms with E-state index in [9.17, 15) is 28.0 Å². The molecule has 0 fully saturated rings. The van der Waals surface area contributed by atoms with Crippen molar-refractivity contribution >= 4 is 30.0 Å². The zero-order valence-corrected chi connectivity index (χ0v) is 25.4. The van der Waals surface area contributed by atoms with Gasteiger partial charge in [-0.3, -0.25) is 9.48 Å². The van der Waals surface area contributed by atoms with E-state index in [0.717, 1.165) is 5.56 Å². The van der Waals surface area contributed by atoms with Crippen LogP contribution in [0.15, 0.2) is 67.3 Å². The summed E-state index contributed by atoms with van der Waals surface area (Å²) in [5.41, 5.74) is 3.27. The molecular weight excluding hydrogens is 624 g/mol. The van der Waals surface area contributed by atoms with Gasteiger partial charge >= 0.3 is 13.5 Å². The third-order valence-electron chi connectivity index (χ3n) is 6.51. The van der Waals surface area contributed by atoms with Crippen LogP contribution in [0.25, 0.3) is 11.3 Å². The molecule has 2 heterocycles. The number of anilines is 2. The molecule has 250 valence electrons. The number of nitrogens with one attached hydrogen (secondary N) is 2. The van der Waals surface area contributed by atoms with Crippen LogP contribution in [0.4, 0.5) is 24.7 Å². The zero-order chi connectivity index (χ0) is 33.6. The van der Waals surface area contributed by atoms with Gasteiger partial charge in [0.25, 0.3) is 5.91 Å². The molecule has 4 rings (SSSR count). The molecule has 1 amide bonds. The van der Waals surface area contributed by atoms with Crippen LogP contribution in [-0.2, 0) is 20.8 Å². The predicted molar refractivity (Wildman–Crippen MR) is 165 cm³/mol. The number of alkyl halides is 3. The van der Waals surface area contributed by atoms with Crippen molar-refractivity contribution in [1.29, 1.82) is 0 Å². The van der Waals surface area contributed by atoms with Crippen molar-refractivity contribution < 1.29 is 47.0 Å². The van der Waals surface area contributed by atoms with E-state index in [-0.39, 0.29) is 11.7 Å². The van der Waals surface area contributed by atoms with E-state index in [1.54, 1.807) is 29.9 Å². The Morgan fingerprint density at radius 2 is 1.64 bits per heavy atom. The van der Waals surface area contributed by atoms with E-state index in [1.165, 1.54) is 42.7 Å². The van der Waals surface area contributed by atoms with Crippen LogP contribution in [-0.4, -0.2) is 95.4 Å². The van der Waals surface area contributed by atoms with Gasteiger partial charge < -0.3 is 39.6 Å². The summed E-state index contributed by atoms with van der Waals surface area (Å²) in [5.74, 6) is -0.146. The van der Waals surface area contributed by atoms with Crippen molar-refractivity contribution in [2.75, 3.05) is 51.5 Å². The van der Waals surface area contributed by atoms with E-state index in [2.05, 4.69) is 30.4 Å². The SMILES string of the molecule is Cc1cc(C(=O)NCCOCCOCCOCCn2cc(-c3cc(Nc4ccc(OC(F)(F)F)cc4)ncn3)cn2)ccc1B(O)O. The van der Waals surface area contributed by atoms with E-state index >= 15 is 0 Å². The number of rotatable bonds is 18. The minimum Gasteiger partial charge on any atom is -0.423 e. The first-order valence-electron chi connectivity index (χ1n) is 14.5. The monoisotopic (exact) mass is 658 g/mol. The second-order valence-electron chi connectivity index (χ2n) is 10.0. The van der Waals surface area contributed by atoms with Crippen molar-refractivity contribution in [2.45, 2.75) is 19.8 Å². The highest BCUT2D eigenvalue weighted by Gasteiger charge is 2.31. The summed E-state index contributed by atoms with van der Waals surface area (Å²) in [7, 11) is -1.58. The standard InChI is InChI=1S/C30H34BF3N6O7/c1-21-16-22(2-7-26(21)31(42)43)29(41)35-8-10-44-12-14-46-15-13-45-11-9-40-19-23(18-38-40)27-17-28(37-20-36-27)39-24-3-5-25(6-4-24)47-30(32,33)34/h2-7,16-20,42-43H,8-15H2,1H3,(H,35,41)(H,36,37,39). The summed E-state index contributed by atoms with van der Waals surface area (Å²) in [6.45, 7) is 4.75. The molecule has 2 aromatic heterocycles. The Morgan fingerprint density at radius 1 is 0.936 bits per heavy atom. The average molecular weight is 658 g/mol. The first-order valence-corrected chi connectivity index (χ1v) is 14.5. The van der Waals surface area contributed by atoms with Gasteiger partial charge in [-0.05, 0) is 48.8 Å². The summed E-state index contributed by atoms with van der Waals surface area (Å²) < 4.78 is 59.3. The molecule has 0 bridgehead atoms. The van der Waals surface area contributed by atoms with Crippen LogP contribution in [0.1, 0.15) is 15.9 Å². The maximum absolute atomic E-state index is 12.4. The molecule has 0 aliphatic heterocycles. The van der Waals surface area contributed by atoms with Crippen LogP contribution in [0, 0.1) is 6.92 Å². The van der Waals surface area contributed by atoms with Gasteiger partial charge in [0, 0.05) is 35.6 Å². The molecule has 0 saturated carbocycles. The van der Waals surface area contributed by atoms with Crippen LogP contribution < -0.4 is 20.8 Å². The minimum absolute atomic E-state index is 0.278. The third-order valence-corrected chi connectivity index (χ3v) is 6.51. The van der Waals surface area contributed by atoms with Gasteiger partial charge in [-0.25, -0.2) is 9.97 Å². The van der Waals surface area contributed by atoms with Crippen molar-refractivity contribution in [1.82, 2.24) is 25.1 Å². The highest BCUT2D eigenvalue weighted by molar-refractivity contribution is 6.59. The second kappa shape index (κ2) is 17.4. The molecular formula is C30H34BF3N6O7. The van der Waals surface area contributed by atoms with Crippen molar-refractivity contribution in [3.05, 3.63) is 78.4 Å². The molecule has 0 saturated heterocycles. The van der Waals surface area contributed by atoms with Gasteiger partial charge in [0.05, 0.1) is 58.1 Å². The summed E-state index contributed by atoms with van der Waals surface area (Å²) in [6, 6.07) is 11.6. The lowest BCUT2D eigenvalue weighted by Gasteiger charge is -2.10. The fourth-order valence-corrected chi connectivity index (χ4v) is 4.23. The molecule has 0 aliphatic carbocycles. The average Bonchev–Trinajstić information content (AvgIpc) is 3.51. The lowest BCUT2D eigenvalue weighted by Crippen LogP contribution is -2.33. The van der Waals surface area contributed by atoms with E-state index in [0.29, 0.717) is 86.5 Å². The largest absolute Gasteiger partial charge is 0.573 e. The molecule has 0 atom stereocenters. The van der Waals surface area contributed by atoms with E-state index < -0.39 is 13.5 Å². The smallest absolute Gasteiger partial charge is 0.423 e. The fraction of sp³-hybridized carbons (Fsp3) is 0.333. The number of nitrogens with zero attached hydrogens (tertiary/aromatic N) is 4. The first kappa shape index (κ1) is 35.3. The van der Waals surface area contributed by atoms with Crippen molar-refractivity contribution in [3.63, 3.8) is 0 Å². The predicted octanol–water partition coefficient (Wildman–Crippen LogP) is 2.45. The number of benzene rings is 2. The Labute approximate surface area is 268 Å². The number of hydrogen-bond donors (Lipinski definition) is 4. The number of carbonyl (C=O) groups excluding carboxylic acids is 1. The highest BCUT2D eigenvalue weighted by Crippen LogP contribution is 2.26. The third kappa shape index (κ3) is 12.0. The van der Waals surface area contributed by atoms with Gasteiger partial charge in [0.2, 0.25) is 0 Å². The topological polar surface area (TPSA) is 162 Å². The van der Waals surface area contributed by atoms with Crippen LogP contribution in [0.3, 0.4) is 0 Å². The molecule has 4 N–H and O–H groups in total.